The van der Waals surface area contributed by atoms with Gasteiger partial charge in [-0.3, -0.25) is 4.90 Å². The van der Waals surface area contributed by atoms with Gasteiger partial charge in [-0.25, -0.2) is 4.79 Å². The number of primary amides is 1. The lowest BCUT2D eigenvalue weighted by Crippen LogP contribution is -2.35. The number of hydrogen-bond acceptors (Lipinski definition) is 3. The Morgan fingerprint density at radius 1 is 1.05 bits per heavy atom. The first-order valence-electron chi connectivity index (χ1n) is 6.60. The first kappa shape index (κ1) is 14.9. The van der Waals surface area contributed by atoms with Crippen LogP contribution in [-0.4, -0.2) is 22.8 Å². The summed E-state index contributed by atoms with van der Waals surface area (Å²) in [5.41, 5.74) is 7.11. The minimum absolute atomic E-state index is 0.269. The van der Waals surface area contributed by atoms with Gasteiger partial charge in [-0.15, -0.1) is 0 Å². The van der Waals surface area contributed by atoms with Crippen molar-refractivity contribution in [2.24, 2.45) is 5.73 Å². The zero-order chi connectivity index (χ0) is 15.1. The zero-order valence-electron chi connectivity index (χ0n) is 11.6. The normalized spacial score (nSPS) is 10.1. The smallest absolute Gasteiger partial charge is 0.316 e. The number of amides is 2. The van der Waals surface area contributed by atoms with E-state index < -0.39 is 12.8 Å². The maximum absolute atomic E-state index is 11.0. The Morgan fingerprint density at radius 2 is 1.71 bits per heavy atom. The van der Waals surface area contributed by atoms with Gasteiger partial charge in [0.2, 0.25) is 0 Å². The van der Waals surface area contributed by atoms with Crippen LogP contribution in [0.2, 0.25) is 0 Å². The van der Waals surface area contributed by atoms with E-state index in [0.717, 1.165) is 21.8 Å². The molecule has 2 amide bonds. The summed E-state index contributed by atoms with van der Waals surface area (Å²) in [4.78, 5) is 12.2. The molecule has 0 unspecified atom stereocenters. The lowest BCUT2D eigenvalue weighted by Gasteiger charge is -2.17. The summed E-state index contributed by atoms with van der Waals surface area (Å²) in [5.74, 6) is 0.747. The number of benzene rings is 2. The van der Waals surface area contributed by atoms with Crippen LogP contribution in [-0.2, 0) is 13.2 Å². The molecule has 0 saturated carbocycles. The molecule has 5 nitrogen and oxygen atoms in total. The molecule has 0 aliphatic heterocycles. The number of carbonyl (C=O) groups excluding carboxylic acids is 1. The van der Waals surface area contributed by atoms with Crippen LogP contribution in [0.25, 0.3) is 0 Å². The van der Waals surface area contributed by atoms with E-state index in [1.807, 2.05) is 54.6 Å². The van der Waals surface area contributed by atoms with E-state index in [-0.39, 0.29) is 6.54 Å². The minimum atomic E-state index is -0.651. The Morgan fingerprint density at radius 3 is 2.29 bits per heavy atom. The monoisotopic (exact) mass is 286 g/mol. The van der Waals surface area contributed by atoms with Gasteiger partial charge in [-0.05, 0) is 23.3 Å². The molecular weight excluding hydrogens is 268 g/mol. The number of rotatable bonds is 6. The van der Waals surface area contributed by atoms with E-state index in [1.165, 1.54) is 0 Å². The quantitative estimate of drug-likeness (QED) is 0.798. The largest absolute Gasteiger partial charge is 0.489 e. The molecule has 0 radical (unpaired) electrons. The maximum atomic E-state index is 11.0. The van der Waals surface area contributed by atoms with Gasteiger partial charge in [-0.1, -0.05) is 42.5 Å². The third kappa shape index (κ3) is 4.50. The summed E-state index contributed by atoms with van der Waals surface area (Å²) in [6, 6.07) is 16.6. The molecule has 110 valence electrons. The maximum Gasteiger partial charge on any atom is 0.316 e. The predicted molar refractivity (Wildman–Crippen MR) is 79.4 cm³/mol. The summed E-state index contributed by atoms with van der Waals surface area (Å²) < 4.78 is 5.67. The fourth-order valence-corrected chi connectivity index (χ4v) is 1.85. The van der Waals surface area contributed by atoms with Gasteiger partial charge in [0.15, 0.2) is 0 Å². The summed E-state index contributed by atoms with van der Waals surface area (Å²) in [7, 11) is 0. The fraction of sp³-hybridized carbons (Fsp3) is 0.188. The molecule has 5 heteroatoms. The van der Waals surface area contributed by atoms with E-state index in [0.29, 0.717) is 6.61 Å². The molecule has 0 aromatic heterocycles. The molecule has 21 heavy (non-hydrogen) atoms. The van der Waals surface area contributed by atoms with E-state index in [2.05, 4.69) is 0 Å². The van der Waals surface area contributed by atoms with Crippen molar-refractivity contribution in [3.63, 3.8) is 0 Å². The highest BCUT2D eigenvalue weighted by Gasteiger charge is 2.08. The number of aliphatic hydroxyl groups is 1. The van der Waals surface area contributed by atoms with Crippen LogP contribution >= 0.6 is 0 Å². The van der Waals surface area contributed by atoms with Crippen LogP contribution in [0.15, 0.2) is 54.6 Å². The fourth-order valence-electron chi connectivity index (χ4n) is 1.85. The number of nitrogens with two attached hydrogens (primary N) is 1. The predicted octanol–water partition coefficient (Wildman–Crippen LogP) is 2.10. The number of ether oxygens (including phenoxy) is 1. The molecule has 0 atom stereocenters. The summed E-state index contributed by atoms with van der Waals surface area (Å²) in [6.45, 7) is 0.372. The highest BCUT2D eigenvalue weighted by atomic mass is 16.5. The number of hydrogen-bond donors (Lipinski definition) is 2. The Labute approximate surface area is 123 Å². The molecule has 0 bridgehead atoms. The number of urea groups is 1. The van der Waals surface area contributed by atoms with Crippen LogP contribution in [0, 0.1) is 0 Å². The van der Waals surface area contributed by atoms with E-state index in [1.54, 1.807) is 0 Å². The Bertz CT molecular complexity index is 570. The van der Waals surface area contributed by atoms with E-state index >= 15 is 0 Å². The number of aliphatic hydroxyl groups excluding tert-OH is 1. The topological polar surface area (TPSA) is 75.8 Å². The van der Waals surface area contributed by atoms with Gasteiger partial charge < -0.3 is 15.6 Å². The lowest BCUT2D eigenvalue weighted by atomic mass is 10.2. The first-order valence-corrected chi connectivity index (χ1v) is 6.60. The molecule has 0 saturated heterocycles. The van der Waals surface area contributed by atoms with Crippen LogP contribution < -0.4 is 10.5 Å². The van der Waals surface area contributed by atoms with Crippen molar-refractivity contribution in [1.82, 2.24) is 4.90 Å². The Hall–Kier alpha value is -2.53. The Kier molecular flexibility index (Phi) is 5.17. The molecule has 2 aromatic carbocycles. The third-order valence-corrected chi connectivity index (χ3v) is 3.03. The zero-order valence-corrected chi connectivity index (χ0v) is 11.6. The van der Waals surface area contributed by atoms with Crippen LogP contribution in [0.3, 0.4) is 0 Å². The van der Waals surface area contributed by atoms with Crippen molar-refractivity contribution in [2.45, 2.75) is 13.2 Å². The number of carbonyl (C=O) groups is 1. The molecule has 0 aliphatic carbocycles. The molecular formula is C16H18N2O3. The summed E-state index contributed by atoms with van der Waals surface area (Å²) >= 11 is 0. The van der Waals surface area contributed by atoms with Gasteiger partial charge >= 0.3 is 6.03 Å². The molecule has 0 aliphatic rings. The van der Waals surface area contributed by atoms with Crippen LogP contribution in [0.5, 0.6) is 5.75 Å². The van der Waals surface area contributed by atoms with Gasteiger partial charge in [0.25, 0.3) is 0 Å². The van der Waals surface area contributed by atoms with E-state index in [4.69, 9.17) is 15.6 Å². The van der Waals surface area contributed by atoms with Gasteiger partial charge in [0.1, 0.15) is 19.1 Å². The van der Waals surface area contributed by atoms with Crippen LogP contribution in [0.1, 0.15) is 11.1 Å². The molecule has 0 heterocycles. The molecule has 0 fully saturated rings. The minimum Gasteiger partial charge on any atom is -0.489 e. The molecule has 2 aromatic rings. The molecule has 2 rings (SSSR count). The van der Waals surface area contributed by atoms with E-state index in [9.17, 15) is 4.79 Å². The van der Waals surface area contributed by atoms with Gasteiger partial charge in [-0.2, -0.15) is 0 Å². The first-order chi connectivity index (χ1) is 10.2. The van der Waals surface area contributed by atoms with Gasteiger partial charge in [0, 0.05) is 6.54 Å². The summed E-state index contributed by atoms with van der Waals surface area (Å²) in [6.07, 6.45) is 0. The van der Waals surface area contributed by atoms with Crippen molar-refractivity contribution < 1.29 is 14.6 Å². The van der Waals surface area contributed by atoms with Crippen LogP contribution in [0.4, 0.5) is 4.79 Å². The van der Waals surface area contributed by atoms with Crippen molar-refractivity contribution >= 4 is 6.03 Å². The summed E-state index contributed by atoms with van der Waals surface area (Å²) in [5, 5.41) is 9.02. The SMILES string of the molecule is NC(=O)N(CO)Cc1ccc(OCc2ccccc2)cc1. The lowest BCUT2D eigenvalue weighted by molar-refractivity contribution is 0.123. The molecule has 0 spiro atoms. The van der Waals surface area contributed by atoms with Crippen molar-refractivity contribution in [2.75, 3.05) is 6.73 Å². The molecule has 3 N–H and O–H groups in total. The van der Waals surface area contributed by atoms with Gasteiger partial charge in [0.05, 0.1) is 0 Å². The average molecular weight is 286 g/mol. The van der Waals surface area contributed by atoms with Crippen molar-refractivity contribution in [3.8, 4) is 5.75 Å². The standard InChI is InChI=1S/C16H18N2O3/c17-16(20)18(12-19)10-13-6-8-15(9-7-13)21-11-14-4-2-1-3-5-14/h1-9,19H,10-12H2,(H2,17,20). The highest BCUT2D eigenvalue weighted by Crippen LogP contribution is 2.15. The second kappa shape index (κ2) is 7.31. The highest BCUT2D eigenvalue weighted by molar-refractivity contribution is 5.71. The number of nitrogens with zero attached hydrogens (tertiary/aromatic N) is 1. The third-order valence-electron chi connectivity index (χ3n) is 3.03. The Balaban J connectivity index is 1.91. The second-order valence-electron chi connectivity index (χ2n) is 4.60. The second-order valence-corrected chi connectivity index (χ2v) is 4.60. The van der Waals surface area contributed by atoms with Crippen molar-refractivity contribution in [1.29, 1.82) is 0 Å². The van der Waals surface area contributed by atoms with Crippen molar-refractivity contribution in [3.05, 3.63) is 65.7 Å². The average Bonchev–Trinajstić information content (AvgIpc) is 2.52.